The first-order valence-corrected chi connectivity index (χ1v) is 15.3. The quantitative estimate of drug-likeness (QED) is 0.0872. The van der Waals surface area contributed by atoms with Crippen molar-refractivity contribution in [2.45, 2.75) is 0 Å². The number of hydrogen-bond donors (Lipinski definition) is 0. The molecule has 0 aliphatic heterocycles. The fraction of sp³-hybridized carbons (Fsp3) is 0. The van der Waals surface area contributed by atoms with Crippen molar-refractivity contribution in [3.63, 3.8) is 0 Å². The molecule has 0 aliphatic rings. The van der Waals surface area contributed by atoms with Gasteiger partial charge in [0.25, 0.3) is 0 Å². The van der Waals surface area contributed by atoms with Crippen molar-refractivity contribution >= 4 is 46.6 Å². The molecule has 0 N–H and O–H groups in total. The fourth-order valence-electron chi connectivity index (χ4n) is 5.18. The smallest absolute Gasteiger partial charge is 0.306 e. The van der Waals surface area contributed by atoms with Gasteiger partial charge < -0.3 is 14.6 Å². The summed E-state index contributed by atoms with van der Waals surface area (Å²) in [6.45, 7) is 7.68. The number of aliphatic imine (C=N–C) groups is 2. The van der Waals surface area contributed by atoms with Crippen LogP contribution in [0.2, 0.25) is 0 Å². The Morgan fingerprint density at radius 3 is 1.10 bits per heavy atom. The van der Waals surface area contributed by atoms with Gasteiger partial charge in [-0.2, -0.15) is 5.26 Å². The first kappa shape index (κ1) is 31.0. The lowest BCUT2D eigenvalue weighted by Crippen LogP contribution is -2.09. The van der Waals surface area contributed by atoms with E-state index in [2.05, 4.69) is 73.2 Å². The summed E-state index contributed by atoms with van der Waals surface area (Å²) in [4.78, 5) is 16.5. The first-order chi connectivity index (χ1) is 23.7. The highest BCUT2D eigenvalue weighted by atomic mass is 15.1. The molecular weight excluding hydrogens is 589 g/mol. The van der Waals surface area contributed by atoms with Gasteiger partial charge in [-0.1, -0.05) is 91.5 Å². The summed E-state index contributed by atoms with van der Waals surface area (Å²) < 4.78 is 0. The molecule has 0 aromatic heterocycles. The van der Waals surface area contributed by atoms with Gasteiger partial charge in [-0.05, 0) is 90.5 Å². The predicted molar refractivity (Wildman–Crippen MR) is 197 cm³/mol. The molecule has 0 saturated carbocycles. The molecule has 0 heterocycles. The molecule has 0 atom stereocenters. The Morgan fingerprint density at radius 1 is 0.479 bits per heavy atom. The maximum atomic E-state index is 9.83. The minimum atomic E-state index is -0.0797. The Bertz CT molecular complexity index is 1870. The van der Waals surface area contributed by atoms with Crippen LogP contribution in [0.25, 0.3) is 4.85 Å². The van der Waals surface area contributed by atoms with Crippen molar-refractivity contribution < 1.29 is 0 Å². The predicted octanol–water partition coefficient (Wildman–Crippen LogP) is 10.8. The molecule has 6 aromatic rings. The van der Waals surface area contributed by atoms with E-state index in [1.165, 1.54) is 0 Å². The summed E-state index contributed by atoms with van der Waals surface area (Å²) in [5.74, 6) is -0.0797. The molecule has 0 radical (unpaired) electrons. The standard InChI is InChI=1S/C42H30N6/c1-44-42(46-32-34-24-28-40(29-25-34)48(37-18-10-4-11-19-37)38-20-12-5-13-21-38)41(30-43)45-31-33-22-26-39(27-23-33)47(35-14-6-2-7-15-35)36-16-8-3-9-17-36/h2-29,31-32H/b42-41-,45-31?,46-32?. The molecule has 0 fully saturated rings. The molecule has 6 aromatic carbocycles. The van der Waals surface area contributed by atoms with Crippen LogP contribution in [-0.4, -0.2) is 12.4 Å². The third-order valence-electron chi connectivity index (χ3n) is 7.46. The first-order valence-electron chi connectivity index (χ1n) is 15.3. The van der Waals surface area contributed by atoms with Crippen LogP contribution in [0.5, 0.6) is 0 Å². The summed E-state index contributed by atoms with van der Waals surface area (Å²) >= 11 is 0. The number of para-hydroxylation sites is 4. The Morgan fingerprint density at radius 2 is 0.792 bits per heavy atom. The summed E-state index contributed by atoms with van der Waals surface area (Å²) in [6.07, 6.45) is 3.16. The maximum Gasteiger partial charge on any atom is 0.306 e. The van der Waals surface area contributed by atoms with Crippen LogP contribution >= 0.6 is 0 Å². The monoisotopic (exact) mass is 618 g/mol. The van der Waals surface area contributed by atoms with Crippen LogP contribution in [0.15, 0.2) is 191 Å². The Labute approximate surface area is 281 Å². The van der Waals surface area contributed by atoms with E-state index in [1.807, 2.05) is 127 Å². The lowest BCUT2D eigenvalue weighted by Gasteiger charge is -2.25. The third kappa shape index (κ3) is 7.43. The van der Waals surface area contributed by atoms with E-state index in [-0.39, 0.29) is 11.5 Å². The number of nitriles is 1. The minimum absolute atomic E-state index is 0.0588. The summed E-state index contributed by atoms with van der Waals surface area (Å²) in [5.41, 5.74) is 7.65. The molecule has 0 saturated heterocycles. The van der Waals surface area contributed by atoms with Crippen molar-refractivity contribution in [3.8, 4) is 6.07 Å². The summed E-state index contributed by atoms with van der Waals surface area (Å²) in [7, 11) is 0. The van der Waals surface area contributed by atoms with E-state index in [4.69, 9.17) is 6.57 Å². The number of nitrogens with zero attached hydrogens (tertiary/aromatic N) is 6. The Balaban J connectivity index is 1.20. The molecule has 0 unspecified atom stereocenters. The SMILES string of the molecule is [C-]#[N+]/C(N=Cc1ccc(N(c2ccccc2)c2ccccc2)cc1)=C(\C#N)N=Cc1ccc(N(c2ccccc2)c2ccccc2)cc1. The second kappa shape index (κ2) is 15.3. The fourth-order valence-corrected chi connectivity index (χ4v) is 5.18. The highest BCUT2D eigenvalue weighted by Gasteiger charge is 2.13. The van der Waals surface area contributed by atoms with Crippen LogP contribution in [0.1, 0.15) is 11.1 Å². The van der Waals surface area contributed by atoms with E-state index < -0.39 is 0 Å². The maximum absolute atomic E-state index is 9.83. The molecule has 48 heavy (non-hydrogen) atoms. The molecule has 228 valence electrons. The molecule has 6 heteroatoms. The van der Waals surface area contributed by atoms with E-state index >= 15 is 0 Å². The van der Waals surface area contributed by atoms with Crippen molar-refractivity contribution in [2.75, 3.05) is 9.80 Å². The number of anilines is 6. The van der Waals surface area contributed by atoms with Gasteiger partial charge >= 0.3 is 5.82 Å². The van der Waals surface area contributed by atoms with Gasteiger partial charge in [0.05, 0.1) is 0 Å². The molecule has 6 rings (SSSR count). The van der Waals surface area contributed by atoms with Gasteiger partial charge in [0.15, 0.2) is 5.70 Å². The number of allylic oxidation sites excluding steroid dienone is 1. The number of rotatable bonds is 10. The minimum Gasteiger partial charge on any atom is -0.358 e. The van der Waals surface area contributed by atoms with E-state index in [9.17, 15) is 5.26 Å². The van der Waals surface area contributed by atoms with Crippen LogP contribution < -0.4 is 9.80 Å². The molecule has 0 amide bonds. The van der Waals surface area contributed by atoms with E-state index in [1.54, 1.807) is 12.4 Å². The molecular formula is C42H30N6. The van der Waals surface area contributed by atoms with Gasteiger partial charge in [0.1, 0.15) is 12.3 Å². The zero-order valence-electron chi connectivity index (χ0n) is 26.0. The van der Waals surface area contributed by atoms with Gasteiger partial charge in [-0.15, -0.1) is 4.99 Å². The molecule has 0 bridgehead atoms. The average molecular weight is 619 g/mol. The van der Waals surface area contributed by atoms with Gasteiger partial charge in [-0.25, -0.2) is 0 Å². The van der Waals surface area contributed by atoms with E-state index in [0.29, 0.717) is 0 Å². The second-order valence-corrected chi connectivity index (χ2v) is 10.6. The normalized spacial score (nSPS) is 11.5. The van der Waals surface area contributed by atoms with Crippen molar-refractivity contribution in [3.05, 3.63) is 204 Å². The third-order valence-corrected chi connectivity index (χ3v) is 7.46. The molecule has 6 nitrogen and oxygen atoms in total. The Hall–Kier alpha value is -7.02. The number of benzene rings is 6. The zero-order valence-corrected chi connectivity index (χ0v) is 26.0. The summed E-state index contributed by atoms with van der Waals surface area (Å²) in [6, 6.07) is 58.4. The average Bonchev–Trinajstić information content (AvgIpc) is 3.16. The zero-order chi connectivity index (χ0) is 33.0. The highest BCUT2D eigenvalue weighted by molar-refractivity contribution is 5.85. The molecule has 0 aliphatic carbocycles. The number of hydrogen-bond acceptors (Lipinski definition) is 5. The van der Waals surface area contributed by atoms with Crippen molar-refractivity contribution in [1.29, 1.82) is 5.26 Å². The lowest BCUT2D eigenvalue weighted by atomic mass is 10.1. The highest BCUT2D eigenvalue weighted by Crippen LogP contribution is 2.35. The molecule has 0 spiro atoms. The second-order valence-electron chi connectivity index (χ2n) is 10.6. The lowest BCUT2D eigenvalue weighted by molar-refractivity contribution is 1.27. The Kier molecular flexibility index (Phi) is 9.89. The summed E-state index contributed by atoms with van der Waals surface area (Å²) in [5, 5.41) is 9.83. The van der Waals surface area contributed by atoms with Crippen LogP contribution in [-0.2, 0) is 0 Å². The van der Waals surface area contributed by atoms with Gasteiger partial charge in [0.2, 0.25) is 0 Å². The van der Waals surface area contributed by atoms with Crippen LogP contribution in [0.4, 0.5) is 34.1 Å². The van der Waals surface area contributed by atoms with E-state index in [0.717, 1.165) is 45.3 Å². The van der Waals surface area contributed by atoms with Crippen molar-refractivity contribution in [1.82, 2.24) is 0 Å². The van der Waals surface area contributed by atoms with Crippen LogP contribution in [0.3, 0.4) is 0 Å². The van der Waals surface area contributed by atoms with Gasteiger partial charge in [-0.3, -0.25) is 4.99 Å². The largest absolute Gasteiger partial charge is 0.358 e. The van der Waals surface area contributed by atoms with Crippen LogP contribution in [0, 0.1) is 17.9 Å². The van der Waals surface area contributed by atoms with Crippen molar-refractivity contribution in [2.24, 2.45) is 9.98 Å². The topological polar surface area (TPSA) is 59.4 Å². The van der Waals surface area contributed by atoms with Gasteiger partial charge in [0, 0.05) is 45.9 Å².